The molecule has 0 N–H and O–H groups in total. The number of hydrogen-bond acceptors (Lipinski definition) is 3. The first-order chi connectivity index (χ1) is 14.0. The van der Waals surface area contributed by atoms with Gasteiger partial charge in [-0.1, -0.05) is 0 Å². The first kappa shape index (κ1) is 27.6. The minimum absolute atomic E-state index is 2.00. The molecule has 2 aliphatic carbocycles. The smallest absolute Gasteiger partial charge is 0.238 e. The number of allylic oxidation sites excluding steroid dienone is 1. The summed E-state index contributed by atoms with van der Waals surface area (Å²) in [5.41, 5.74) is -14.0. The molecule has 0 radical (unpaired) electrons. The molecule has 2 aliphatic rings. The molecule has 2 unspecified atom stereocenters. The van der Waals surface area contributed by atoms with Crippen molar-refractivity contribution >= 4 is 10.1 Å². The van der Waals surface area contributed by atoms with Gasteiger partial charge in [-0.3, -0.25) is 0 Å². The molecule has 22 heteroatoms. The van der Waals surface area contributed by atoms with Crippen LogP contribution in [0.25, 0.3) is 0 Å². The van der Waals surface area contributed by atoms with Gasteiger partial charge in [0, 0.05) is 0 Å². The van der Waals surface area contributed by atoms with Crippen LogP contribution in [0.5, 0.6) is 0 Å². The van der Waals surface area contributed by atoms with Crippen LogP contribution in [0.4, 0.5) is 79.0 Å². The van der Waals surface area contributed by atoms with E-state index in [0.717, 1.165) is 0 Å². The van der Waals surface area contributed by atoms with E-state index in [4.69, 9.17) is 0 Å². The molecular weight excluding hydrogens is 554 g/mol. The average molecular weight is 554 g/mol. The molecule has 0 aromatic carbocycles. The molecule has 0 aromatic rings. The van der Waals surface area contributed by atoms with E-state index in [1.54, 1.807) is 0 Å². The van der Waals surface area contributed by atoms with E-state index < -0.39 is 74.1 Å². The molecule has 2 atom stereocenters. The van der Waals surface area contributed by atoms with Crippen LogP contribution in [0.3, 0.4) is 0 Å². The van der Waals surface area contributed by atoms with Crippen molar-refractivity contribution in [3.05, 3.63) is 11.7 Å². The maximum absolute atomic E-state index is 14.0. The summed E-state index contributed by atoms with van der Waals surface area (Å²) in [5, 5.41) is -8.24. The summed E-state index contributed by atoms with van der Waals surface area (Å²) in [7, 11) is -8.93. The summed E-state index contributed by atoms with van der Waals surface area (Å²) >= 11 is 0. The van der Waals surface area contributed by atoms with Crippen molar-refractivity contribution in [1.29, 1.82) is 0 Å². The van der Waals surface area contributed by atoms with Crippen LogP contribution >= 0.6 is 0 Å². The van der Waals surface area contributed by atoms with E-state index in [1.165, 1.54) is 0 Å². The first-order valence-electron chi connectivity index (χ1n) is 7.06. The highest BCUT2D eigenvalue weighted by atomic mass is 32.2. The van der Waals surface area contributed by atoms with Gasteiger partial charge >= 0.3 is 51.2 Å². The fourth-order valence-corrected chi connectivity index (χ4v) is 3.97. The fraction of sp³-hybridized carbons (Fsp3) is 0.818. The Labute approximate surface area is 167 Å². The second-order valence-corrected chi connectivity index (χ2v) is 7.98. The Morgan fingerprint density at radius 1 is 0.606 bits per heavy atom. The third kappa shape index (κ3) is 2.38. The molecule has 3 nitrogen and oxygen atoms in total. The summed E-state index contributed by atoms with van der Waals surface area (Å²) in [6.45, 7) is 0. The topological polar surface area (TPSA) is 43.4 Å². The van der Waals surface area contributed by atoms with Gasteiger partial charge in [-0.25, -0.2) is 17.4 Å². The van der Waals surface area contributed by atoms with Crippen LogP contribution < -0.4 is 0 Å². The Balaban J connectivity index is 2.83. The molecule has 0 spiro atoms. The molecule has 2 bridgehead atoms. The van der Waals surface area contributed by atoms with Gasteiger partial charge in [0.15, 0.2) is 11.7 Å². The van der Waals surface area contributed by atoms with Crippen molar-refractivity contribution in [3.8, 4) is 0 Å². The van der Waals surface area contributed by atoms with Crippen LogP contribution in [0, 0.1) is 0 Å². The molecule has 2 rings (SSSR count). The number of fused-ring (bicyclic) bond motifs is 2. The molecule has 1 saturated carbocycles. The Kier molecular flexibility index (Phi) is 5.14. The van der Waals surface area contributed by atoms with Crippen molar-refractivity contribution in [1.82, 2.24) is 0 Å². The zero-order valence-corrected chi connectivity index (χ0v) is 14.8. The van der Waals surface area contributed by atoms with Crippen molar-refractivity contribution < 1.29 is 91.6 Å². The quantitative estimate of drug-likeness (QED) is 0.343. The standard InChI is InChI=1S/C11F18O3S/c12-1-2(13)4(5(15,16)3(1,14)6(17,18)7(4,19)20)32-33(30,31)11(28,29)9(23,24)8(21,22)10(25,26)27. The third-order valence-electron chi connectivity index (χ3n) is 4.61. The lowest BCUT2D eigenvalue weighted by molar-refractivity contribution is -0.383. The third-order valence-corrected chi connectivity index (χ3v) is 5.97. The van der Waals surface area contributed by atoms with Crippen LogP contribution in [-0.4, -0.2) is 60.7 Å². The Bertz CT molecular complexity index is 1010. The maximum Gasteiger partial charge on any atom is 0.460 e. The largest absolute Gasteiger partial charge is 0.460 e. The molecular formula is C11F18O3S. The molecule has 1 fully saturated rings. The summed E-state index contributed by atoms with van der Waals surface area (Å²) in [6, 6.07) is 0. The van der Waals surface area contributed by atoms with Crippen molar-refractivity contribution in [2.45, 2.75) is 52.3 Å². The number of halogens is 18. The predicted molar refractivity (Wildman–Crippen MR) is 61.6 cm³/mol. The number of rotatable bonds is 5. The molecule has 0 heterocycles. The average Bonchev–Trinajstić information content (AvgIpc) is 2.75. The van der Waals surface area contributed by atoms with Gasteiger partial charge in [0.25, 0.3) is 11.3 Å². The molecule has 33 heavy (non-hydrogen) atoms. The normalized spacial score (nSPS) is 31.9. The second kappa shape index (κ2) is 6.14. The zero-order chi connectivity index (χ0) is 26.9. The van der Waals surface area contributed by atoms with Crippen LogP contribution in [0.1, 0.15) is 0 Å². The van der Waals surface area contributed by atoms with Gasteiger partial charge in [-0.05, 0) is 0 Å². The summed E-state index contributed by atoms with van der Waals surface area (Å²) in [4.78, 5) is 0. The Morgan fingerprint density at radius 2 is 1.00 bits per heavy atom. The molecule has 0 aromatic heterocycles. The minimum atomic E-state index is -8.93. The molecule has 0 saturated heterocycles. The molecule has 194 valence electrons. The van der Waals surface area contributed by atoms with Crippen molar-refractivity contribution in [2.75, 3.05) is 0 Å². The van der Waals surface area contributed by atoms with E-state index in [2.05, 4.69) is 0 Å². The van der Waals surface area contributed by atoms with Gasteiger partial charge in [-0.2, -0.15) is 74.3 Å². The van der Waals surface area contributed by atoms with E-state index in [0.29, 0.717) is 0 Å². The summed E-state index contributed by atoms with van der Waals surface area (Å²) in [5.74, 6) is -47.2. The van der Waals surface area contributed by atoms with E-state index in [-0.39, 0.29) is 0 Å². The zero-order valence-electron chi connectivity index (χ0n) is 13.9. The highest BCUT2D eigenvalue weighted by molar-refractivity contribution is 7.87. The van der Waals surface area contributed by atoms with Gasteiger partial charge < -0.3 is 0 Å². The van der Waals surface area contributed by atoms with Crippen LogP contribution in [0.2, 0.25) is 0 Å². The summed E-state index contributed by atoms with van der Waals surface area (Å²) in [6.07, 6.45) is -7.76. The van der Waals surface area contributed by atoms with E-state index >= 15 is 0 Å². The number of hydrogen-bond donors (Lipinski definition) is 0. The first-order valence-corrected chi connectivity index (χ1v) is 8.47. The summed E-state index contributed by atoms with van der Waals surface area (Å²) < 4.78 is 263. The van der Waals surface area contributed by atoms with E-state index in [1.807, 2.05) is 4.18 Å². The Hall–Kier alpha value is -1.61. The van der Waals surface area contributed by atoms with Crippen LogP contribution in [-0.2, 0) is 14.3 Å². The van der Waals surface area contributed by atoms with Gasteiger partial charge in [-0.15, -0.1) is 0 Å². The van der Waals surface area contributed by atoms with Gasteiger partial charge in [0.1, 0.15) is 0 Å². The van der Waals surface area contributed by atoms with Crippen molar-refractivity contribution in [3.63, 3.8) is 0 Å². The lowest BCUT2D eigenvalue weighted by Gasteiger charge is -2.38. The lowest BCUT2D eigenvalue weighted by Crippen LogP contribution is -2.66. The SMILES string of the molecule is O=S(=O)(OC12C(F)=C(F)C(F)(C(F)(F)C1(F)F)C2(F)F)C(F)(F)C(F)(F)C(F)(F)C(F)(F)F. The highest BCUT2D eigenvalue weighted by Gasteiger charge is 3.06. The Morgan fingerprint density at radius 3 is 1.36 bits per heavy atom. The van der Waals surface area contributed by atoms with Crippen LogP contribution in [0.15, 0.2) is 11.7 Å². The van der Waals surface area contributed by atoms with Crippen molar-refractivity contribution in [2.24, 2.45) is 0 Å². The predicted octanol–water partition coefficient (Wildman–Crippen LogP) is 5.29. The maximum atomic E-state index is 14.0. The van der Waals surface area contributed by atoms with Gasteiger partial charge in [0.05, 0.1) is 0 Å². The molecule has 0 aliphatic heterocycles. The minimum Gasteiger partial charge on any atom is -0.238 e. The monoisotopic (exact) mass is 554 g/mol. The number of alkyl halides is 16. The van der Waals surface area contributed by atoms with Gasteiger partial charge in [0.2, 0.25) is 0 Å². The lowest BCUT2D eigenvalue weighted by atomic mass is 9.93. The molecule has 0 amide bonds. The van der Waals surface area contributed by atoms with E-state index in [9.17, 15) is 87.4 Å². The fourth-order valence-electron chi connectivity index (χ4n) is 2.81. The second-order valence-electron chi connectivity index (χ2n) is 6.39. The highest BCUT2D eigenvalue weighted by Crippen LogP contribution is 2.77.